The van der Waals surface area contributed by atoms with E-state index in [0.29, 0.717) is 29.0 Å². The zero-order valence-corrected chi connectivity index (χ0v) is 17.8. The van der Waals surface area contributed by atoms with Gasteiger partial charge >= 0.3 is 0 Å². The van der Waals surface area contributed by atoms with Gasteiger partial charge in [-0.15, -0.1) is 0 Å². The van der Waals surface area contributed by atoms with Gasteiger partial charge in [-0.1, -0.05) is 57.2 Å². The number of unbranched alkanes of at least 4 members (excludes halogenated alkanes) is 5. The summed E-state index contributed by atoms with van der Waals surface area (Å²) in [5.74, 6) is -1.35. The van der Waals surface area contributed by atoms with Gasteiger partial charge in [-0.3, -0.25) is 9.59 Å². The summed E-state index contributed by atoms with van der Waals surface area (Å²) in [6, 6.07) is 13.9. The maximum Gasteiger partial charge on any atom is 0.180 e. The molecule has 160 valence electrons. The predicted molar refractivity (Wildman–Crippen MR) is 120 cm³/mol. The van der Waals surface area contributed by atoms with E-state index in [4.69, 9.17) is 4.74 Å². The van der Waals surface area contributed by atoms with E-state index in [1.54, 1.807) is 30.3 Å². The molecule has 0 saturated heterocycles. The lowest BCUT2D eigenvalue weighted by molar-refractivity contribution is 0.0886. The Hall–Kier alpha value is -3.21. The molecule has 0 saturated carbocycles. The van der Waals surface area contributed by atoms with Crippen LogP contribution in [0.5, 0.6) is 11.5 Å². The van der Waals surface area contributed by atoms with Crippen molar-refractivity contribution in [1.29, 1.82) is 0 Å². The molecule has 31 heavy (non-hydrogen) atoms. The highest BCUT2D eigenvalue weighted by atomic mass is 16.5. The number of ether oxygens (including phenoxy) is 1. The summed E-state index contributed by atoms with van der Waals surface area (Å²) in [6.07, 6.45) is 7.04. The average molecular weight is 418 g/mol. The number of fused-ring (bicyclic) bond motifs is 2. The minimum Gasteiger partial charge on any atom is -0.506 e. The minimum atomic E-state index is -1.12. The fraction of sp³-hybridized carbons (Fsp3) is 0.346. The maximum absolute atomic E-state index is 13.1. The molecule has 1 heterocycles. The molecule has 5 heteroatoms. The fourth-order valence-corrected chi connectivity index (χ4v) is 4.11. The first-order valence-corrected chi connectivity index (χ1v) is 11.0. The van der Waals surface area contributed by atoms with Crippen molar-refractivity contribution < 1.29 is 19.4 Å². The van der Waals surface area contributed by atoms with E-state index in [-0.39, 0.29) is 23.0 Å². The van der Waals surface area contributed by atoms with E-state index in [2.05, 4.69) is 11.9 Å². The van der Waals surface area contributed by atoms with Crippen molar-refractivity contribution in [2.75, 3.05) is 6.61 Å². The van der Waals surface area contributed by atoms with Gasteiger partial charge in [0.1, 0.15) is 23.1 Å². The lowest BCUT2D eigenvalue weighted by atomic mass is 9.97. The number of ketones is 2. The van der Waals surface area contributed by atoms with Gasteiger partial charge in [0, 0.05) is 16.5 Å². The van der Waals surface area contributed by atoms with E-state index in [9.17, 15) is 14.7 Å². The molecular weight excluding hydrogens is 390 g/mol. The molecule has 0 fully saturated rings. The van der Waals surface area contributed by atoms with Crippen molar-refractivity contribution in [3.05, 3.63) is 65.4 Å². The number of pyridine rings is 1. The van der Waals surface area contributed by atoms with Gasteiger partial charge in [0.25, 0.3) is 0 Å². The molecule has 0 bridgehead atoms. The molecule has 0 spiro atoms. The molecule has 1 unspecified atom stereocenters. The molecular formula is C26H27NO4. The van der Waals surface area contributed by atoms with E-state index >= 15 is 0 Å². The topological polar surface area (TPSA) is 76.5 Å². The van der Waals surface area contributed by atoms with Crippen LogP contribution >= 0.6 is 0 Å². The van der Waals surface area contributed by atoms with Crippen molar-refractivity contribution in [2.45, 2.75) is 51.4 Å². The van der Waals surface area contributed by atoms with Crippen LogP contribution in [0.3, 0.4) is 0 Å². The first-order chi connectivity index (χ1) is 15.1. The van der Waals surface area contributed by atoms with Crippen LogP contribution in [0.25, 0.3) is 10.9 Å². The first kappa shape index (κ1) is 21.0. The highest BCUT2D eigenvalue weighted by Crippen LogP contribution is 2.39. The Bertz CT molecular complexity index is 1120. The Morgan fingerprint density at radius 1 is 0.903 bits per heavy atom. The Balaban J connectivity index is 1.49. The van der Waals surface area contributed by atoms with E-state index in [1.807, 2.05) is 18.2 Å². The number of nitrogens with zero attached hydrogens (tertiary/aromatic N) is 1. The van der Waals surface area contributed by atoms with Gasteiger partial charge in [-0.05, 0) is 36.8 Å². The van der Waals surface area contributed by atoms with Crippen LogP contribution in [-0.4, -0.2) is 28.3 Å². The summed E-state index contributed by atoms with van der Waals surface area (Å²) in [5, 5.41) is 11.2. The average Bonchev–Trinajstić information content (AvgIpc) is 3.02. The number of rotatable bonds is 9. The van der Waals surface area contributed by atoms with Crippen LogP contribution in [0.4, 0.5) is 0 Å². The summed E-state index contributed by atoms with van der Waals surface area (Å²) >= 11 is 0. The molecule has 1 aliphatic rings. The largest absolute Gasteiger partial charge is 0.506 e. The second-order valence-electron chi connectivity index (χ2n) is 8.07. The van der Waals surface area contributed by atoms with Crippen LogP contribution in [0, 0.1) is 0 Å². The molecule has 3 aromatic rings. The molecule has 2 aromatic carbocycles. The van der Waals surface area contributed by atoms with Gasteiger partial charge in [0.2, 0.25) is 0 Å². The van der Waals surface area contributed by atoms with Gasteiger partial charge in [0.05, 0.1) is 12.1 Å². The summed E-state index contributed by atoms with van der Waals surface area (Å²) < 4.78 is 5.82. The standard InChI is InChI=1S/C26H27NO4/c1-2-3-4-5-6-9-14-31-18-12-13-19-20(16-18)26(30)23(25(19)29)24-22(28)15-17-10-7-8-11-21(17)27-24/h7-8,10-13,15-16,23,28H,2-6,9,14H2,1H3. The van der Waals surface area contributed by atoms with Crippen molar-refractivity contribution in [1.82, 2.24) is 4.98 Å². The summed E-state index contributed by atoms with van der Waals surface area (Å²) in [5.41, 5.74) is 1.44. The molecule has 1 N–H and O–H groups in total. The van der Waals surface area contributed by atoms with Gasteiger partial charge in [-0.2, -0.15) is 0 Å². The zero-order chi connectivity index (χ0) is 21.8. The lowest BCUT2D eigenvalue weighted by Gasteiger charge is -2.10. The van der Waals surface area contributed by atoms with Crippen LogP contribution in [-0.2, 0) is 0 Å². The highest BCUT2D eigenvalue weighted by Gasteiger charge is 2.42. The smallest absolute Gasteiger partial charge is 0.180 e. The zero-order valence-electron chi connectivity index (χ0n) is 17.8. The number of aromatic hydroxyl groups is 1. The fourth-order valence-electron chi connectivity index (χ4n) is 4.11. The number of hydrogen-bond donors (Lipinski definition) is 1. The highest BCUT2D eigenvalue weighted by molar-refractivity contribution is 6.30. The summed E-state index contributed by atoms with van der Waals surface area (Å²) in [7, 11) is 0. The predicted octanol–water partition coefficient (Wildman–Crippen LogP) is 5.84. The van der Waals surface area contributed by atoms with Crippen molar-refractivity contribution in [3.63, 3.8) is 0 Å². The quantitative estimate of drug-likeness (QED) is 0.349. The number of benzene rings is 2. The third kappa shape index (κ3) is 4.31. The molecule has 1 atom stereocenters. The Kier molecular flexibility index (Phi) is 6.31. The molecule has 1 aromatic heterocycles. The number of Topliss-reactive ketones (excluding diaryl/α,β-unsaturated/α-hetero) is 2. The molecule has 5 nitrogen and oxygen atoms in total. The third-order valence-corrected chi connectivity index (χ3v) is 5.82. The third-order valence-electron chi connectivity index (χ3n) is 5.82. The number of hydrogen-bond acceptors (Lipinski definition) is 5. The van der Waals surface area contributed by atoms with E-state index in [0.717, 1.165) is 18.2 Å². The van der Waals surface area contributed by atoms with Gasteiger partial charge in [0.15, 0.2) is 11.6 Å². The lowest BCUT2D eigenvalue weighted by Crippen LogP contribution is -2.14. The maximum atomic E-state index is 13.1. The summed E-state index contributed by atoms with van der Waals surface area (Å²) in [4.78, 5) is 30.5. The Morgan fingerprint density at radius 3 is 2.48 bits per heavy atom. The van der Waals surface area contributed by atoms with Crippen molar-refractivity contribution in [2.24, 2.45) is 0 Å². The molecule has 4 rings (SSSR count). The van der Waals surface area contributed by atoms with Crippen LogP contribution in [0.15, 0.2) is 48.5 Å². The molecule has 0 aliphatic heterocycles. The Labute approximate surface area is 182 Å². The minimum absolute atomic E-state index is 0.111. The van der Waals surface area contributed by atoms with Crippen LogP contribution in [0.2, 0.25) is 0 Å². The van der Waals surface area contributed by atoms with Gasteiger partial charge < -0.3 is 9.84 Å². The number of carbonyl (C=O) groups is 2. The second-order valence-corrected chi connectivity index (χ2v) is 8.07. The van der Waals surface area contributed by atoms with Crippen molar-refractivity contribution in [3.8, 4) is 11.5 Å². The monoisotopic (exact) mass is 417 g/mol. The van der Waals surface area contributed by atoms with E-state index in [1.165, 1.54) is 25.7 Å². The second kappa shape index (κ2) is 9.29. The summed E-state index contributed by atoms with van der Waals surface area (Å²) in [6.45, 7) is 2.79. The SMILES string of the molecule is CCCCCCCCOc1ccc2c(c1)C(=O)C(c1nc3ccccc3cc1O)C2=O. The van der Waals surface area contributed by atoms with E-state index < -0.39 is 5.92 Å². The number of aromatic nitrogens is 1. The first-order valence-electron chi connectivity index (χ1n) is 11.0. The normalized spacial score (nSPS) is 15.5. The Morgan fingerprint density at radius 2 is 1.65 bits per heavy atom. The van der Waals surface area contributed by atoms with Crippen molar-refractivity contribution >= 4 is 22.5 Å². The van der Waals surface area contributed by atoms with Crippen LogP contribution in [0.1, 0.15) is 77.8 Å². The van der Waals surface area contributed by atoms with Gasteiger partial charge in [-0.25, -0.2) is 4.98 Å². The molecule has 0 amide bonds. The number of carbonyl (C=O) groups excluding carboxylic acids is 2. The molecule has 1 aliphatic carbocycles. The van der Waals surface area contributed by atoms with Crippen LogP contribution < -0.4 is 4.74 Å². The number of para-hydroxylation sites is 1. The molecule has 0 radical (unpaired) electrons.